The number of carbonyl (C=O) groups is 1. The highest BCUT2D eigenvalue weighted by molar-refractivity contribution is 7.89. The summed E-state index contributed by atoms with van der Waals surface area (Å²) in [5.41, 5.74) is 1.40. The second-order valence-electron chi connectivity index (χ2n) is 7.22. The molecule has 1 N–H and O–H groups in total. The zero-order valence-electron chi connectivity index (χ0n) is 17.7. The van der Waals surface area contributed by atoms with Crippen LogP contribution in [0.4, 0.5) is 0 Å². The molecule has 0 radical (unpaired) electrons. The van der Waals surface area contributed by atoms with Crippen LogP contribution in [-0.2, 0) is 16.6 Å². The number of hydrogen-bond acceptors (Lipinski definition) is 7. The van der Waals surface area contributed by atoms with E-state index in [9.17, 15) is 13.2 Å². The van der Waals surface area contributed by atoms with Gasteiger partial charge in [-0.1, -0.05) is 12.1 Å². The molecule has 0 saturated carbocycles. The summed E-state index contributed by atoms with van der Waals surface area (Å²) in [7, 11) is -0.615. The molecule has 164 valence electrons. The predicted octanol–water partition coefficient (Wildman–Crippen LogP) is 2.70. The molecule has 1 amide bonds. The maximum absolute atomic E-state index is 12.3. The monoisotopic (exact) mass is 444 g/mol. The second kappa shape index (κ2) is 9.27. The Kier molecular flexibility index (Phi) is 6.71. The molecule has 1 heterocycles. The molecule has 10 heteroatoms. The molecule has 0 spiro atoms. The molecule has 1 aromatic heterocycles. The van der Waals surface area contributed by atoms with Crippen LogP contribution in [0.3, 0.4) is 0 Å². The van der Waals surface area contributed by atoms with Gasteiger partial charge in [0.2, 0.25) is 15.9 Å². The first kappa shape index (κ1) is 22.4. The molecule has 0 aliphatic rings. The van der Waals surface area contributed by atoms with E-state index in [2.05, 4.69) is 15.5 Å². The van der Waals surface area contributed by atoms with E-state index >= 15 is 0 Å². The van der Waals surface area contributed by atoms with Gasteiger partial charge in [-0.15, -0.1) is 10.2 Å². The van der Waals surface area contributed by atoms with Crippen LogP contribution in [0.1, 0.15) is 30.1 Å². The van der Waals surface area contributed by atoms with Gasteiger partial charge in [-0.3, -0.25) is 4.79 Å². The van der Waals surface area contributed by atoms with Gasteiger partial charge in [-0.25, -0.2) is 12.7 Å². The highest BCUT2D eigenvalue weighted by Crippen LogP contribution is 2.21. The molecule has 2 aromatic carbocycles. The molecule has 3 rings (SSSR count). The molecular formula is C21H24N4O5S. The summed E-state index contributed by atoms with van der Waals surface area (Å²) in [6.07, 6.45) is 0.0888. The summed E-state index contributed by atoms with van der Waals surface area (Å²) in [6, 6.07) is 13.4. The molecular weight excluding hydrogens is 420 g/mol. The summed E-state index contributed by atoms with van der Waals surface area (Å²) in [6.45, 7) is 4.19. The van der Waals surface area contributed by atoms with Crippen molar-refractivity contribution in [2.75, 3.05) is 14.1 Å². The van der Waals surface area contributed by atoms with Crippen molar-refractivity contribution in [2.24, 2.45) is 0 Å². The third-order valence-electron chi connectivity index (χ3n) is 4.25. The number of ether oxygens (including phenoxy) is 1. The number of sulfonamides is 1. The highest BCUT2D eigenvalue weighted by atomic mass is 32.2. The summed E-state index contributed by atoms with van der Waals surface area (Å²) in [5.74, 6) is 0.193. The Morgan fingerprint density at radius 3 is 2.29 bits per heavy atom. The number of benzene rings is 2. The number of amides is 1. The van der Waals surface area contributed by atoms with E-state index in [-0.39, 0.29) is 29.3 Å². The number of hydrogen-bond donors (Lipinski definition) is 1. The van der Waals surface area contributed by atoms with Gasteiger partial charge < -0.3 is 14.5 Å². The predicted molar refractivity (Wildman–Crippen MR) is 114 cm³/mol. The Morgan fingerprint density at radius 2 is 1.71 bits per heavy atom. The van der Waals surface area contributed by atoms with Crippen LogP contribution in [0.5, 0.6) is 5.75 Å². The van der Waals surface area contributed by atoms with Crippen molar-refractivity contribution in [3.63, 3.8) is 0 Å². The Balaban J connectivity index is 1.63. The number of carbonyl (C=O) groups excluding carboxylic acids is 1. The first-order chi connectivity index (χ1) is 14.7. The lowest BCUT2D eigenvalue weighted by Crippen LogP contribution is -2.23. The summed E-state index contributed by atoms with van der Waals surface area (Å²) in [4.78, 5) is 12.5. The van der Waals surface area contributed by atoms with E-state index in [0.29, 0.717) is 5.56 Å². The van der Waals surface area contributed by atoms with Crippen molar-refractivity contribution in [1.29, 1.82) is 0 Å². The van der Waals surface area contributed by atoms with Crippen LogP contribution in [0, 0.1) is 0 Å². The van der Waals surface area contributed by atoms with E-state index in [0.717, 1.165) is 15.6 Å². The van der Waals surface area contributed by atoms with Gasteiger partial charge in [0.05, 0.1) is 11.0 Å². The van der Waals surface area contributed by atoms with Crippen molar-refractivity contribution in [3.8, 4) is 17.2 Å². The average Bonchev–Trinajstić information content (AvgIpc) is 3.23. The lowest BCUT2D eigenvalue weighted by atomic mass is 10.2. The molecule has 0 unspecified atom stereocenters. The fourth-order valence-corrected chi connectivity index (χ4v) is 3.53. The van der Waals surface area contributed by atoms with Gasteiger partial charge in [0.25, 0.3) is 0 Å². The van der Waals surface area contributed by atoms with Crippen LogP contribution >= 0.6 is 0 Å². The third-order valence-corrected chi connectivity index (χ3v) is 6.08. The second-order valence-corrected chi connectivity index (χ2v) is 9.37. The number of aromatic nitrogens is 2. The molecule has 0 fully saturated rings. The van der Waals surface area contributed by atoms with E-state index in [1.165, 1.54) is 26.2 Å². The quantitative estimate of drug-likeness (QED) is 0.568. The largest absolute Gasteiger partial charge is 0.491 e. The smallest absolute Gasteiger partial charge is 0.309 e. The molecule has 0 atom stereocenters. The number of rotatable bonds is 8. The van der Waals surface area contributed by atoms with Crippen molar-refractivity contribution < 1.29 is 22.4 Å². The summed E-state index contributed by atoms with van der Waals surface area (Å²) < 4.78 is 36.4. The minimum atomic E-state index is -3.53. The zero-order valence-corrected chi connectivity index (χ0v) is 18.5. The van der Waals surface area contributed by atoms with Crippen molar-refractivity contribution >= 4 is 15.9 Å². The SMILES string of the molecule is CC(C)Oc1ccc(CNC(=O)c2nnc(-c3ccc(S(=O)(=O)N(C)C)cc3)o2)cc1. The zero-order chi connectivity index (χ0) is 22.6. The summed E-state index contributed by atoms with van der Waals surface area (Å²) >= 11 is 0. The maximum Gasteiger partial charge on any atom is 0.309 e. The van der Waals surface area contributed by atoms with Crippen molar-refractivity contribution in [3.05, 3.63) is 60.0 Å². The van der Waals surface area contributed by atoms with Gasteiger partial charge in [0, 0.05) is 26.2 Å². The first-order valence-electron chi connectivity index (χ1n) is 9.57. The van der Waals surface area contributed by atoms with Crippen LogP contribution in [0.2, 0.25) is 0 Å². The average molecular weight is 445 g/mol. The fourth-order valence-electron chi connectivity index (χ4n) is 2.63. The minimum absolute atomic E-state index is 0.0888. The fraction of sp³-hybridized carbons (Fsp3) is 0.286. The first-order valence-corrected chi connectivity index (χ1v) is 11.0. The van der Waals surface area contributed by atoms with Gasteiger partial charge in [0.1, 0.15) is 5.75 Å². The normalized spacial score (nSPS) is 11.7. The lowest BCUT2D eigenvalue weighted by Gasteiger charge is -2.11. The van der Waals surface area contributed by atoms with Crippen LogP contribution in [0.15, 0.2) is 57.8 Å². The van der Waals surface area contributed by atoms with E-state index in [1.54, 1.807) is 12.1 Å². The maximum atomic E-state index is 12.3. The molecule has 0 bridgehead atoms. The third kappa shape index (κ3) is 5.47. The van der Waals surface area contributed by atoms with Crippen LogP contribution in [0.25, 0.3) is 11.5 Å². The van der Waals surface area contributed by atoms with Gasteiger partial charge in [-0.05, 0) is 55.8 Å². The molecule has 0 aliphatic heterocycles. The Bertz CT molecular complexity index is 1140. The molecule has 3 aromatic rings. The number of nitrogens with one attached hydrogen (secondary N) is 1. The van der Waals surface area contributed by atoms with E-state index in [4.69, 9.17) is 9.15 Å². The highest BCUT2D eigenvalue weighted by Gasteiger charge is 2.19. The molecule has 9 nitrogen and oxygen atoms in total. The van der Waals surface area contributed by atoms with E-state index < -0.39 is 15.9 Å². The van der Waals surface area contributed by atoms with Gasteiger partial charge in [-0.2, -0.15) is 0 Å². The lowest BCUT2D eigenvalue weighted by molar-refractivity contribution is 0.0917. The van der Waals surface area contributed by atoms with Crippen LogP contribution < -0.4 is 10.1 Å². The van der Waals surface area contributed by atoms with Crippen molar-refractivity contribution in [1.82, 2.24) is 19.8 Å². The summed E-state index contributed by atoms with van der Waals surface area (Å²) in [5, 5.41) is 10.4. The topological polar surface area (TPSA) is 115 Å². The molecule has 0 saturated heterocycles. The van der Waals surface area contributed by atoms with Gasteiger partial charge >= 0.3 is 11.8 Å². The van der Waals surface area contributed by atoms with Gasteiger partial charge in [0.15, 0.2) is 0 Å². The van der Waals surface area contributed by atoms with Crippen molar-refractivity contribution in [2.45, 2.75) is 31.4 Å². The Hall–Kier alpha value is -3.24. The standard InChI is InChI=1S/C21H24N4O5S/c1-14(2)29-17-9-5-15(6-10-17)13-22-19(26)21-24-23-20(30-21)16-7-11-18(12-8-16)31(27,28)25(3)4/h5-12,14H,13H2,1-4H3,(H,22,26). The number of nitrogens with zero attached hydrogens (tertiary/aromatic N) is 3. The minimum Gasteiger partial charge on any atom is -0.491 e. The molecule has 31 heavy (non-hydrogen) atoms. The Morgan fingerprint density at radius 1 is 1.06 bits per heavy atom. The molecule has 0 aliphatic carbocycles. The van der Waals surface area contributed by atoms with E-state index in [1.807, 2.05) is 38.1 Å². The Labute approximate surface area is 181 Å². The van der Waals surface area contributed by atoms with Crippen LogP contribution in [-0.4, -0.2) is 49.0 Å².